The number of rotatable bonds is 6. The fourth-order valence-electron chi connectivity index (χ4n) is 1.84. The Kier molecular flexibility index (Phi) is 7.02. The minimum Gasteiger partial charge on any atom is -0.444 e. The SMILES string of the molecule is CCc1cc(Br)ccc1NCCCNC(=O)OC(C)(C)C. The van der Waals surface area contributed by atoms with Gasteiger partial charge in [-0.2, -0.15) is 0 Å². The van der Waals surface area contributed by atoms with Crippen LogP contribution in [0.25, 0.3) is 0 Å². The molecule has 1 rings (SSSR count). The zero-order chi connectivity index (χ0) is 15.9. The van der Waals surface area contributed by atoms with Gasteiger partial charge in [0.2, 0.25) is 0 Å². The molecule has 1 aromatic rings. The molecular formula is C16H25BrN2O2. The summed E-state index contributed by atoms with van der Waals surface area (Å²) in [6.45, 7) is 9.11. The number of alkyl carbamates (subject to hydrolysis) is 1. The van der Waals surface area contributed by atoms with Crippen LogP contribution in [0.3, 0.4) is 0 Å². The summed E-state index contributed by atoms with van der Waals surface area (Å²) in [7, 11) is 0. The number of nitrogens with one attached hydrogen (secondary N) is 2. The minimum atomic E-state index is -0.449. The number of amides is 1. The first kappa shape index (κ1) is 17.8. The molecule has 0 unspecified atom stereocenters. The Morgan fingerprint density at radius 2 is 2.00 bits per heavy atom. The number of halogens is 1. The molecule has 0 saturated carbocycles. The molecule has 0 bridgehead atoms. The van der Waals surface area contributed by atoms with E-state index in [1.165, 1.54) is 5.56 Å². The normalized spacial score (nSPS) is 11.1. The van der Waals surface area contributed by atoms with Crippen LogP contribution >= 0.6 is 15.9 Å². The van der Waals surface area contributed by atoms with Gasteiger partial charge in [-0.05, 0) is 57.4 Å². The second-order valence-electron chi connectivity index (χ2n) is 5.86. The van der Waals surface area contributed by atoms with Gasteiger partial charge in [0.15, 0.2) is 0 Å². The minimum absolute atomic E-state index is 0.361. The summed E-state index contributed by atoms with van der Waals surface area (Å²) in [5.74, 6) is 0. The molecule has 0 heterocycles. The van der Waals surface area contributed by atoms with Crippen molar-refractivity contribution in [2.45, 2.75) is 46.1 Å². The van der Waals surface area contributed by atoms with E-state index in [1.54, 1.807) is 0 Å². The molecule has 1 aromatic carbocycles. The summed E-state index contributed by atoms with van der Waals surface area (Å²) < 4.78 is 6.27. The van der Waals surface area contributed by atoms with Crippen molar-refractivity contribution in [3.8, 4) is 0 Å². The Labute approximate surface area is 135 Å². The van der Waals surface area contributed by atoms with Crippen LogP contribution in [0.4, 0.5) is 10.5 Å². The van der Waals surface area contributed by atoms with Crippen LogP contribution in [0.1, 0.15) is 39.7 Å². The van der Waals surface area contributed by atoms with Crippen molar-refractivity contribution in [3.05, 3.63) is 28.2 Å². The molecule has 5 heteroatoms. The standard InChI is InChI=1S/C16H25BrN2O2/c1-5-12-11-13(17)7-8-14(12)18-9-6-10-19-15(20)21-16(2,3)4/h7-8,11,18H,5-6,9-10H2,1-4H3,(H,19,20). The van der Waals surface area contributed by atoms with Crippen molar-refractivity contribution < 1.29 is 9.53 Å². The van der Waals surface area contributed by atoms with Crippen LogP contribution in [-0.4, -0.2) is 24.8 Å². The third kappa shape index (κ3) is 7.37. The molecule has 0 atom stereocenters. The number of benzene rings is 1. The molecule has 21 heavy (non-hydrogen) atoms. The van der Waals surface area contributed by atoms with Gasteiger partial charge >= 0.3 is 6.09 Å². The van der Waals surface area contributed by atoms with Gasteiger partial charge in [0.05, 0.1) is 0 Å². The lowest BCUT2D eigenvalue weighted by molar-refractivity contribution is 0.0528. The molecule has 0 aliphatic heterocycles. The maximum absolute atomic E-state index is 11.5. The number of anilines is 1. The van der Waals surface area contributed by atoms with Crippen molar-refractivity contribution in [2.24, 2.45) is 0 Å². The highest BCUT2D eigenvalue weighted by atomic mass is 79.9. The Hall–Kier alpha value is -1.23. The Bertz CT molecular complexity index is 470. The number of carbonyl (C=O) groups is 1. The number of carbonyl (C=O) groups excluding carboxylic acids is 1. The molecule has 0 spiro atoms. The van der Waals surface area contributed by atoms with Crippen molar-refractivity contribution in [1.29, 1.82) is 0 Å². The van der Waals surface area contributed by atoms with Gasteiger partial charge in [0.1, 0.15) is 5.60 Å². The summed E-state index contributed by atoms with van der Waals surface area (Å²) >= 11 is 3.48. The highest BCUT2D eigenvalue weighted by Crippen LogP contribution is 2.21. The second-order valence-corrected chi connectivity index (χ2v) is 6.78. The first-order valence-electron chi connectivity index (χ1n) is 7.31. The topological polar surface area (TPSA) is 50.4 Å². The first-order chi connectivity index (χ1) is 9.81. The molecule has 0 aliphatic rings. The Morgan fingerprint density at radius 3 is 2.62 bits per heavy atom. The van der Waals surface area contributed by atoms with Gasteiger partial charge in [-0.1, -0.05) is 22.9 Å². The fraction of sp³-hybridized carbons (Fsp3) is 0.562. The van der Waals surface area contributed by atoms with Gasteiger partial charge in [-0.3, -0.25) is 0 Å². The highest BCUT2D eigenvalue weighted by Gasteiger charge is 2.15. The monoisotopic (exact) mass is 356 g/mol. The van der Waals surface area contributed by atoms with E-state index in [9.17, 15) is 4.79 Å². The highest BCUT2D eigenvalue weighted by molar-refractivity contribution is 9.10. The van der Waals surface area contributed by atoms with E-state index in [4.69, 9.17) is 4.74 Å². The predicted molar refractivity (Wildman–Crippen MR) is 90.9 cm³/mol. The number of hydrogen-bond acceptors (Lipinski definition) is 3. The number of aryl methyl sites for hydroxylation is 1. The molecule has 0 fully saturated rings. The molecule has 0 saturated heterocycles. The van der Waals surface area contributed by atoms with Crippen LogP contribution in [0.2, 0.25) is 0 Å². The fourth-order valence-corrected chi connectivity index (χ4v) is 2.25. The predicted octanol–water partition coefficient (Wildman–Crippen LogP) is 4.34. The smallest absolute Gasteiger partial charge is 0.407 e. The van der Waals surface area contributed by atoms with E-state index in [2.05, 4.69) is 45.6 Å². The number of hydrogen-bond donors (Lipinski definition) is 2. The molecule has 4 nitrogen and oxygen atoms in total. The van der Waals surface area contributed by atoms with Crippen LogP contribution in [0.5, 0.6) is 0 Å². The lowest BCUT2D eigenvalue weighted by Crippen LogP contribution is -2.33. The Balaban J connectivity index is 2.27. The maximum Gasteiger partial charge on any atom is 0.407 e. The average molecular weight is 357 g/mol. The van der Waals surface area contributed by atoms with Crippen LogP contribution < -0.4 is 10.6 Å². The van der Waals surface area contributed by atoms with Crippen LogP contribution in [0, 0.1) is 0 Å². The molecule has 1 amide bonds. The van der Waals surface area contributed by atoms with E-state index in [0.717, 1.165) is 29.5 Å². The van der Waals surface area contributed by atoms with Crippen molar-refractivity contribution >= 4 is 27.7 Å². The maximum atomic E-state index is 11.5. The summed E-state index contributed by atoms with van der Waals surface area (Å²) in [4.78, 5) is 11.5. The zero-order valence-corrected chi connectivity index (χ0v) is 14.8. The molecular weight excluding hydrogens is 332 g/mol. The van der Waals surface area contributed by atoms with E-state index in [0.29, 0.717) is 6.54 Å². The first-order valence-corrected chi connectivity index (χ1v) is 8.10. The summed E-state index contributed by atoms with van der Waals surface area (Å²) in [5, 5.41) is 6.15. The van der Waals surface area contributed by atoms with Crippen LogP contribution in [0.15, 0.2) is 22.7 Å². The van der Waals surface area contributed by atoms with Gasteiger partial charge in [-0.15, -0.1) is 0 Å². The van der Waals surface area contributed by atoms with E-state index in [1.807, 2.05) is 26.8 Å². The van der Waals surface area contributed by atoms with Crippen molar-refractivity contribution in [2.75, 3.05) is 18.4 Å². The zero-order valence-electron chi connectivity index (χ0n) is 13.3. The average Bonchev–Trinajstić information content (AvgIpc) is 2.37. The largest absolute Gasteiger partial charge is 0.444 e. The molecule has 0 radical (unpaired) electrons. The van der Waals surface area contributed by atoms with E-state index < -0.39 is 5.60 Å². The molecule has 2 N–H and O–H groups in total. The van der Waals surface area contributed by atoms with E-state index >= 15 is 0 Å². The van der Waals surface area contributed by atoms with Crippen molar-refractivity contribution in [1.82, 2.24) is 5.32 Å². The van der Waals surface area contributed by atoms with Gasteiger partial charge in [-0.25, -0.2) is 4.79 Å². The van der Waals surface area contributed by atoms with Gasteiger partial charge in [0, 0.05) is 23.2 Å². The molecule has 0 aromatic heterocycles. The lowest BCUT2D eigenvalue weighted by atomic mass is 10.1. The van der Waals surface area contributed by atoms with Gasteiger partial charge < -0.3 is 15.4 Å². The molecule has 118 valence electrons. The summed E-state index contributed by atoms with van der Waals surface area (Å²) in [6, 6.07) is 6.23. The second kappa shape index (κ2) is 8.27. The van der Waals surface area contributed by atoms with E-state index in [-0.39, 0.29) is 6.09 Å². The van der Waals surface area contributed by atoms with Gasteiger partial charge in [0.25, 0.3) is 0 Å². The lowest BCUT2D eigenvalue weighted by Gasteiger charge is -2.19. The van der Waals surface area contributed by atoms with Crippen LogP contribution in [-0.2, 0) is 11.2 Å². The number of ether oxygens (including phenoxy) is 1. The summed E-state index contributed by atoms with van der Waals surface area (Å²) in [6.07, 6.45) is 1.47. The molecule has 0 aliphatic carbocycles. The quantitative estimate of drug-likeness (QED) is 0.745. The van der Waals surface area contributed by atoms with Crippen molar-refractivity contribution in [3.63, 3.8) is 0 Å². The Morgan fingerprint density at radius 1 is 1.29 bits per heavy atom. The summed E-state index contributed by atoms with van der Waals surface area (Å²) in [5.41, 5.74) is 1.98. The third-order valence-corrected chi connectivity index (χ3v) is 3.28. The third-order valence-electron chi connectivity index (χ3n) is 2.79.